The number of aryl methyl sites for hydroxylation is 1. The van der Waals surface area contributed by atoms with Crippen LogP contribution in [-0.2, 0) is 22.7 Å². The molecule has 4 aromatic rings. The molecule has 1 saturated heterocycles. The summed E-state index contributed by atoms with van der Waals surface area (Å²) in [6, 6.07) is 27.0. The molecule has 9 heteroatoms. The summed E-state index contributed by atoms with van der Waals surface area (Å²) in [6.45, 7) is 3.65. The number of aromatic nitrogens is 1. The van der Waals surface area contributed by atoms with Gasteiger partial charge in [0.25, 0.3) is 0 Å². The highest BCUT2D eigenvalue weighted by Gasteiger charge is 2.50. The van der Waals surface area contributed by atoms with Crippen molar-refractivity contribution in [2.75, 3.05) is 18.8 Å². The molecule has 0 spiro atoms. The Hall–Kier alpha value is -3.47. The van der Waals surface area contributed by atoms with Crippen LogP contribution in [0.2, 0.25) is 0 Å². The maximum absolute atomic E-state index is 12.5. The quantitative estimate of drug-likeness (QED) is 0.171. The zero-order valence-corrected chi connectivity index (χ0v) is 22.6. The fraction of sp³-hybridized carbons (Fsp3) is 0.267. The fourth-order valence-electron chi connectivity index (χ4n) is 5.35. The lowest BCUT2D eigenvalue weighted by Gasteiger charge is -2.56. The van der Waals surface area contributed by atoms with Crippen molar-refractivity contribution in [3.8, 4) is 5.75 Å². The van der Waals surface area contributed by atoms with Gasteiger partial charge in [-0.25, -0.2) is 5.48 Å². The molecular formula is C30H33N3O5S. The third-order valence-corrected chi connectivity index (χ3v) is 9.83. The Labute approximate surface area is 229 Å². The lowest BCUT2D eigenvalue weighted by molar-refractivity contribution is -0.130. The van der Waals surface area contributed by atoms with Gasteiger partial charge >= 0.3 is 0 Å². The predicted octanol–water partition coefficient (Wildman–Crippen LogP) is 5.48. The van der Waals surface area contributed by atoms with Gasteiger partial charge in [-0.1, -0.05) is 60.7 Å². The highest BCUT2D eigenvalue weighted by molar-refractivity contribution is 8.25. The summed E-state index contributed by atoms with van der Waals surface area (Å²) >= 11 is 0. The maximum Gasteiger partial charge on any atom is 0.245 e. The first-order valence-corrected chi connectivity index (χ1v) is 14.5. The van der Waals surface area contributed by atoms with Crippen LogP contribution in [0.15, 0.2) is 84.9 Å². The van der Waals surface area contributed by atoms with Gasteiger partial charge in [-0.05, 0) is 42.3 Å². The molecule has 1 aliphatic rings. The molecule has 1 fully saturated rings. The summed E-state index contributed by atoms with van der Waals surface area (Å²) in [4.78, 5) is 19.2. The van der Waals surface area contributed by atoms with Gasteiger partial charge in [0.05, 0.1) is 17.7 Å². The van der Waals surface area contributed by atoms with E-state index < -0.39 is 21.2 Å². The summed E-state index contributed by atoms with van der Waals surface area (Å²) in [5, 5.41) is 10.4. The van der Waals surface area contributed by atoms with E-state index in [9.17, 15) is 19.1 Å². The molecule has 5 rings (SSSR count). The lowest BCUT2D eigenvalue weighted by atomic mass is 9.92. The number of hydroxylamine groups is 1. The average molecular weight is 548 g/mol. The van der Waals surface area contributed by atoms with Gasteiger partial charge in [-0.2, -0.15) is 10.6 Å². The number of rotatable bonds is 8. The molecule has 0 saturated carbocycles. The molecule has 39 heavy (non-hydrogen) atoms. The Morgan fingerprint density at radius 3 is 2.51 bits per heavy atom. The number of pyridine rings is 1. The van der Waals surface area contributed by atoms with Crippen LogP contribution in [0.4, 0.5) is 0 Å². The lowest BCUT2D eigenvalue weighted by Crippen LogP contribution is -2.53. The first-order valence-electron chi connectivity index (χ1n) is 12.8. The minimum absolute atomic E-state index is 0.130. The van der Waals surface area contributed by atoms with Crippen LogP contribution in [0.5, 0.6) is 5.75 Å². The molecule has 4 N–H and O–H groups in total. The Kier molecular flexibility index (Phi) is 7.88. The molecule has 8 nitrogen and oxygen atoms in total. The summed E-state index contributed by atoms with van der Waals surface area (Å²) in [6.07, 6.45) is -0.264. The van der Waals surface area contributed by atoms with Gasteiger partial charge in [0.1, 0.15) is 17.1 Å². The molecular weight excluding hydrogens is 514 g/mol. The van der Waals surface area contributed by atoms with Crippen molar-refractivity contribution in [1.82, 2.24) is 15.4 Å². The molecule has 3 aromatic carbocycles. The molecule has 1 aliphatic heterocycles. The molecule has 0 radical (unpaired) electrons. The van der Waals surface area contributed by atoms with Crippen molar-refractivity contribution < 1.29 is 23.8 Å². The summed E-state index contributed by atoms with van der Waals surface area (Å²) in [5.74, 6) is 0.0786. The minimum atomic E-state index is -3.23. The number of nitrogens with one attached hydrogen (secondary N) is 1. The second-order valence-corrected chi connectivity index (χ2v) is 12.5. The zero-order valence-electron chi connectivity index (χ0n) is 21.8. The van der Waals surface area contributed by atoms with Crippen LogP contribution >= 0.6 is 10.6 Å². The molecule has 0 bridgehead atoms. The van der Waals surface area contributed by atoms with Crippen molar-refractivity contribution in [3.05, 3.63) is 107 Å². The van der Waals surface area contributed by atoms with E-state index in [1.165, 1.54) is 0 Å². The number of carbonyl (C=O) groups is 1. The summed E-state index contributed by atoms with van der Waals surface area (Å²) < 4.78 is 27.5. The Morgan fingerprint density at radius 2 is 1.77 bits per heavy atom. The molecule has 2 heterocycles. The van der Waals surface area contributed by atoms with E-state index in [2.05, 4.69) is 9.88 Å². The molecule has 1 unspecified atom stereocenters. The monoisotopic (exact) mass is 547 g/mol. The largest absolute Gasteiger partial charge is 0.489 e. The van der Waals surface area contributed by atoms with Gasteiger partial charge < -0.3 is 4.74 Å². The van der Waals surface area contributed by atoms with Crippen molar-refractivity contribution >= 4 is 27.4 Å². The number of para-hydroxylation sites is 1. The first-order chi connectivity index (χ1) is 18.8. The van der Waals surface area contributed by atoms with Gasteiger partial charge in [-0.15, -0.1) is 0 Å². The molecule has 1 aromatic heterocycles. The standard InChI is InChI=1S/C30H33N3O5S/c1-22-17-24(27-9-5-6-10-28(27)31-22)20-38-26-13-11-25(12-14-26)30(18-29(34)32-35)21-33(15-16-39(30,36)37)19-23-7-3-2-4-8-23/h2-14,17,35-37H,15-16,18-21H2,1H3,(H,32,34). The number of carbonyl (C=O) groups excluding carboxylic acids is 1. The Balaban J connectivity index is 1.41. The number of ether oxygens (including phenoxy) is 1. The number of nitrogens with zero attached hydrogens (tertiary/aromatic N) is 2. The highest BCUT2D eigenvalue weighted by atomic mass is 32.3. The molecule has 0 aliphatic carbocycles. The van der Waals surface area contributed by atoms with Gasteiger partial charge in [0.2, 0.25) is 5.91 Å². The van der Waals surface area contributed by atoms with E-state index in [1.54, 1.807) is 29.7 Å². The van der Waals surface area contributed by atoms with E-state index in [0.29, 0.717) is 31.0 Å². The SMILES string of the molecule is Cc1cc(COc2ccc(C3(CC(=O)NO)CN(Cc4ccccc4)CCS3(O)O)cc2)c2ccccc2n1. The fourth-order valence-corrected chi connectivity index (χ4v) is 7.52. The number of hydrogen-bond donors (Lipinski definition) is 4. The Bertz CT molecular complexity index is 1450. The number of amides is 1. The minimum Gasteiger partial charge on any atom is -0.489 e. The smallest absolute Gasteiger partial charge is 0.245 e. The van der Waals surface area contributed by atoms with Crippen LogP contribution < -0.4 is 10.2 Å². The highest BCUT2D eigenvalue weighted by Crippen LogP contribution is 2.62. The van der Waals surface area contributed by atoms with E-state index in [0.717, 1.165) is 27.7 Å². The van der Waals surface area contributed by atoms with Crippen molar-refractivity contribution in [3.63, 3.8) is 0 Å². The summed E-state index contributed by atoms with van der Waals surface area (Å²) in [7, 11) is -3.23. The van der Waals surface area contributed by atoms with Crippen molar-refractivity contribution in [1.29, 1.82) is 0 Å². The van der Waals surface area contributed by atoms with Gasteiger partial charge in [0, 0.05) is 36.3 Å². The topological polar surface area (TPSA) is 115 Å². The van der Waals surface area contributed by atoms with E-state index in [1.807, 2.05) is 67.6 Å². The third kappa shape index (κ3) is 5.78. The average Bonchev–Trinajstić information content (AvgIpc) is 2.94. The van der Waals surface area contributed by atoms with E-state index in [4.69, 9.17) is 4.74 Å². The van der Waals surface area contributed by atoms with Crippen LogP contribution in [0.25, 0.3) is 10.9 Å². The second-order valence-electron chi connectivity index (χ2n) is 10.0. The van der Waals surface area contributed by atoms with Crippen molar-refractivity contribution in [2.45, 2.75) is 31.2 Å². The van der Waals surface area contributed by atoms with E-state index >= 15 is 0 Å². The second kappa shape index (κ2) is 11.3. The third-order valence-electron chi connectivity index (χ3n) is 7.32. The zero-order chi connectivity index (χ0) is 27.5. The summed E-state index contributed by atoms with van der Waals surface area (Å²) in [5.41, 5.74) is 6.24. The predicted molar refractivity (Wildman–Crippen MR) is 153 cm³/mol. The normalized spacial score (nSPS) is 19.9. The van der Waals surface area contributed by atoms with E-state index in [-0.39, 0.29) is 18.7 Å². The van der Waals surface area contributed by atoms with Crippen LogP contribution in [-0.4, -0.2) is 48.9 Å². The number of fused-ring (bicyclic) bond motifs is 1. The van der Waals surface area contributed by atoms with Crippen LogP contribution in [0.1, 0.15) is 28.8 Å². The van der Waals surface area contributed by atoms with Crippen LogP contribution in [0, 0.1) is 6.92 Å². The van der Waals surface area contributed by atoms with Crippen LogP contribution in [0.3, 0.4) is 0 Å². The molecule has 204 valence electrons. The number of hydrogen-bond acceptors (Lipinski definition) is 7. The number of benzene rings is 3. The first kappa shape index (κ1) is 27.1. The molecule has 1 atom stereocenters. The van der Waals surface area contributed by atoms with Gasteiger partial charge in [-0.3, -0.25) is 29.0 Å². The maximum atomic E-state index is 12.5. The Morgan fingerprint density at radius 1 is 1.05 bits per heavy atom. The van der Waals surface area contributed by atoms with Crippen molar-refractivity contribution in [2.24, 2.45) is 0 Å². The van der Waals surface area contributed by atoms with Gasteiger partial charge in [0.15, 0.2) is 0 Å². The molecule has 1 amide bonds.